The van der Waals surface area contributed by atoms with E-state index in [-0.39, 0.29) is 28.7 Å². The summed E-state index contributed by atoms with van der Waals surface area (Å²) in [5, 5.41) is 12.9. The van der Waals surface area contributed by atoms with Crippen LogP contribution >= 0.6 is 0 Å². The molecule has 3 heterocycles. The minimum Gasteiger partial charge on any atom is -0.367 e. The predicted octanol–water partition coefficient (Wildman–Crippen LogP) is 1.21. The van der Waals surface area contributed by atoms with E-state index in [1.54, 1.807) is 35.8 Å². The van der Waals surface area contributed by atoms with Gasteiger partial charge in [0.15, 0.2) is 0 Å². The zero-order valence-corrected chi connectivity index (χ0v) is 19.2. The number of primary sulfonamides is 1. The highest BCUT2D eigenvalue weighted by molar-refractivity contribution is 7.89. The van der Waals surface area contributed by atoms with Crippen LogP contribution in [0.2, 0.25) is 0 Å². The van der Waals surface area contributed by atoms with Gasteiger partial charge in [-0.25, -0.2) is 13.6 Å². The summed E-state index contributed by atoms with van der Waals surface area (Å²) < 4.78 is 26.1. The monoisotopic (exact) mass is 460 g/mol. The first kappa shape index (κ1) is 22.3. The number of likely N-dealkylation sites (tertiary alicyclic amines) is 1. The van der Waals surface area contributed by atoms with Gasteiger partial charge < -0.3 is 15.1 Å². The molecular weight excluding hydrogens is 432 g/mol. The zero-order valence-electron chi connectivity index (χ0n) is 18.4. The van der Waals surface area contributed by atoms with Crippen LogP contribution in [0.25, 0.3) is 0 Å². The van der Waals surface area contributed by atoms with E-state index in [1.807, 2.05) is 18.0 Å². The lowest BCUT2D eigenvalue weighted by Gasteiger charge is -2.39. The van der Waals surface area contributed by atoms with Crippen molar-refractivity contribution in [3.8, 4) is 0 Å². The fraction of sp³-hybridized carbons (Fsp3) is 0.476. The van der Waals surface area contributed by atoms with Gasteiger partial charge in [-0.3, -0.25) is 14.3 Å². The Morgan fingerprint density at radius 3 is 2.69 bits per heavy atom. The van der Waals surface area contributed by atoms with Gasteiger partial charge in [0, 0.05) is 38.3 Å². The normalized spacial score (nSPS) is 21.3. The zero-order chi connectivity index (χ0) is 23.2. The summed E-state index contributed by atoms with van der Waals surface area (Å²) in [4.78, 5) is 28.5. The van der Waals surface area contributed by atoms with Gasteiger partial charge in [-0.05, 0) is 43.4 Å². The van der Waals surface area contributed by atoms with E-state index < -0.39 is 10.0 Å². The molecule has 4 rings (SSSR count). The third kappa shape index (κ3) is 4.22. The Labute approximate surface area is 187 Å². The van der Waals surface area contributed by atoms with Gasteiger partial charge >= 0.3 is 0 Å². The van der Waals surface area contributed by atoms with Crippen LogP contribution in [0.1, 0.15) is 54.1 Å². The highest BCUT2D eigenvalue weighted by Crippen LogP contribution is 2.40. The molecule has 1 saturated heterocycles. The van der Waals surface area contributed by atoms with Crippen molar-refractivity contribution >= 4 is 27.5 Å². The van der Waals surface area contributed by atoms with Gasteiger partial charge in [0.1, 0.15) is 0 Å². The summed E-state index contributed by atoms with van der Waals surface area (Å²) >= 11 is 0. The molecule has 0 aliphatic carbocycles. The van der Waals surface area contributed by atoms with Crippen molar-refractivity contribution in [1.29, 1.82) is 0 Å². The smallest absolute Gasteiger partial charge is 0.257 e. The van der Waals surface area contributed by atoms with Gasteiger partial charge in [-0.1, -0.05) is 0 Å². The SMILES string of the molecule is CC(=O)N1CCC(c2cc(S(N)(=O)=O)cc3c2NCN(Cc2cnn(C)c2)C3=O)C[C@H]1C. The van der Waals surface area contributed by atoms with Gasteiger partial charge in [-0.15, -0.1) is 0 Å². The number of fused-ring (bicyclic) bond motifs is 1. The number of hydrogen-bond donors (Lipinski definition) is 2. The molecule has 3 N–H and O–H groups in total. The van der Waals surface area contributed by atoms with Crippen LogP contribution in [-0.2, 0) is 28.4 Å². The van der Waals surface area contributed by atoms with Crippen LogP contribution < -0.4 is 10.5 Å². The molecule has 0 saturated carbocycles. The van der Waals surface area contributed by atoms with E-state index in [0.29, 0.717) is 43.9 Å². The Morgan fingerprint density at radius 1 is 1.34 bits per heavy atom. The molecule has 172 valence electrons. The fourth-order valence-electron chi connectivity index (χ4n) is 4.73. The number of nitrogens with zero attached hydrogens (tertiary/aromatic N) is 4. The molecule has 1 aromatic heterocycles. The minimum atomic E-state index is -4.01. The molecule has 1 aromatic carbocycles. The topological polar surface area (TPSA) is 131 Å². The number of benzene rings is 1. The second-order valence-electron chi connectivity index (χ2n) is 8.62. The number of amides is 2. The number of aryl methyl sites for hydroxylation is 1. The molecule has 1 unspecified atom stereocenters. The first-order chi connectivity index (χ1) is 15.0. The summed E-state index contributed by atoms with van der Waals surface area (Å²) in [6.45, 7) is 4.76. The summed E-state index contributed by atoms with van der Waals surface area (Å²) in [7, 11) is -2.20. The summed E-state index contributed by atoms with van der Waals surface area (Å²) in [5.74, 6) is -0.236. The van der Waals surface area contributed by atoms with E-state index in [1.165, 1.54) is 6.07 Å². The van der Waals surface area contributed by atoms with E-state index in [9.17, 15) is 18.0 Å². The maximum Gasteiger partial charge on any atom is 0.257 e. The number of carbonyl (C=O) groups is 2. The number of sulfonamides is 1. The molecule has 2 aliphatic heterocycles. The highest BCUT2D eigenvalue weighted by Gasteiger charge is 2.34. The number of rotatable bonds is 4. The van der Waals surface area contributed by atoms with Crippen LogP contribution in [0.3, 0.4) is 0 Å². The van der Waals surface area contributed by atoms with Crippen molar-refractivity contribution in [3.63, 3.8) is 0 Å². The second kappa shape index (κ2) is 8.21. The lowest BCUT2D eigenvalue weighted by Crippen LogP contribution is -2.43. The van der Waals surface area contributed by atoms with Crippen molar-refractivity contribution < 1.29 is 18.0 Å². The lowest BCUT2D eigenvalue weighted by atomic mass is 9.83. The average Bonchev–Trinajstić information content (AvgIpc) is 3.13. The molecule has 0 bridgehead atoms. The summed E-state index contributed by atoms with van der Waals surface area (Å²) in [6, 6.07) is 2.94. The second-order valence-corrected chi connectivity index (χ2v) is 10.2. The van der Waals surface area contributed by atoms with E-state index in [4.69, 9.17) is 5.14 Å². The molecule has 2 amide bonds. The number of nitrogens with one attached hydrogen (secondary N) is 1. The molecule has 2 atom stereocenters. The van der Waals surface area contributed by atoms with E-state index in [2.05, 4.69) is 10.4 Å². The third-order valence-electron chi connectivity index (χ3n) is 6.29. The van der Waals surface area contributed by atoms with Crippen molar-refractivity contribution in [3.05, 3.63) is 41.2 Å². The Kier molecular flexibility index (Phi) is 5.72. The highest BCUT2D eigenvalue weighted by atomic mass is 32.2. The number of anilines is 1. The Balaban J connectivity index is 1.70. The van der Waals surface area contributed by atoms with Crippen LogP contribution in [0.4, 0.5) is 5.69 Å². The maximum atomic E-state index is 13.3. The van der Waals surface area contributed by atoms with Crippen LogP contribution in [0, 0.1) is 0 Å². The molecular formula is C21H28N6O4S. The molecule has 32 heavy (non-hydrogen) atoms. The van der Waals surface area contributed by atoms with Crippen LogP contribution in [-0.4, -0.2) is 59.1 Å². The fourth-order valence-corrected chi connectivity index (χ4v) is 5.30. The molecule has 0 spiro atoms. The van der Waals surface area contributed by atoms with Crippen LogP contribution in [0.15, 0.2) is 29.4 Å². The lowest BCUT2D eigenvalue weighted by molar-refractivity contribution is -0.132. The summed E-state index contributed by atoms with van der Waals surface area (Å²) in [5.41, 5.74) is 2.58. The average molecular weight is 461 g/mol. The van der Waals surface area contributed by atoms with Crippen molar-refractivity contribution in [2.75, 3.05) is 18.5 Å². The Morgan fingerprint density at radius 2 is 2.09 bits per heavy atom. The molecule has 11 heteroatoms. The minimum absolute atomic E-state index is 0.00113. The molecule has 10 nitrogen and oxygen atoms in total. The molecule has 1 fully saturated rings. The van der Waals surface area contributed by atoms with Crippen molar-refractivity contribution in [2.24, 2.45) is 12.2 Å². The van der Waals surface area contributed by atoms with Crippen molar-refractivity contribution in [2.45, 2.75) is 50.1 Å². The quantitative estimate of drug-likeness (QED) is 0.705. The molecule has 0 radical (unpaired) electrons. The number of piperidine rings is 1. The standard InChI is InChI=1S/C21H28N6O4S/c1-13-6-16(4-5-27(13)14(2)28)18-7-17(32(22,30)31)8-19-20(18)23-12-26(21(19)29)11-15-9-24-25(3)10-15/h7-10,13,16,23H,4-6,11-12H2,1-3H3,(H2,22,30,31)/t13-,16?/m1/s1. The van der Waals surface area contributed by atoms with E-state index >= 15 is 0 Å². The summed E-state index contributed by atoms with van der Waals surface area (Å²) in [6.07, 6.45) is 4.88. The van der Waals surface area contributed by atoms with Gasteiger partial charge in [0.2, 0.25) is 15.9 Å². The first-order valence-corrected chi connectivity index (χ1v) is 12.1. The van der Waals surface area contributed by atoms with Crippen molar-refractivity contribution in [1.82, 2.24) is 19.6 Å². The third-order valence-corrected chi connectivity index (χ3v) is 7.18. The number of carbonyl (C=O) groups excluding carboxylic acids is 2. The first-order valence-electron chi connectivity index (χ1n) is 10.5. The number of hydrogen-bond acceptors (Lipinski definition) is 6. The molecule has 2 aromatic rings. The van der Waals surface area contributed by atoms with E-state index in [0.717, 1.165) is 11.1 Å². The van der Waals surface area contributed by atoms with Gasteiger partial charge in [-0.2, -0.15) is 5.10 Å². The van der Waals surface area contributed by atoms with Gasteiger partial charge in [0.25, 0.3) is 5.91 Å². The number of nitrogens with two attached hydrogens (primary N) is 1. The predicted molar refractivity (Wildman–Crippen MR) is 118 cm³/mol. The Bertz CT molecular complexity index is 1170. The largest absolute Gasteiger partial charge is 0.367 e. The maximum absolute atomic E-state index is 13.3. The Hall–Kier alpha value is -2.92. The number of aromatic nitrogens is 2. The van der Waals surface area contributed by atoms with Crippen LogP contribution in [0.5, 0.6) is 0 Å². The molecule has 2 aliphatic rings. The van der Waals surface area contributed by atoms with Gasteiger partial charge in [0.05, 0.1) is 35.6 Å².